The molecule has 0 bridgehead atoms. The molecule has 1 aliphatic rings. The molecular formula is C22H32O2. The highest BCUT2D eigenvalue weighted by Gasteiger charge is 2.30. The third kappa shape index (κ3) is 4.23. The lowest BCUT2D eigenvalue weighted by molar-refractivity contribution is 0.405. The summed E-state index contributed by atoms with van der Waals surface area (Å²) in [4.78, 5) is 0. The Balaban J connectivity index is 2.36. The topological polar surface area (TPSA) is 40.5 Å². The van der Waals surface area contributed by atoms with Crippen LogP contribution in [0.4, 0.5) is 0 Å². The zero-order chi connectivity index (χ0) is 17.9. The van der Waals surface area contributed by atoms with Crippen molar-refractivity contribution in [1.82, 2.24) is 0 Å². The fraction of sp³-hybridized carbons (Fsp3) is 0.545. The fourth-order valence-corrected chi connectivity index (χ4v) is 4.04. The lowest BCUT2D eigenvalue weighted by Gasteiger charge is -2.31. The van der Waals surface area contributed by atoms with Crippen LogP contribution in [-0.4, -0.2) is 10.2 Å². The molecule has 1 aromatic rings. The van der Waals surface area contributed by atoms with Crippen molar-refractivity contribution >= 4 is 0 Å². The summed E-state index contributed by atoms with van der Waals surface area (Å²) in [6.45, 7) is 12.7. The molecule has 0 radical (unpaired) electrons. The van der Waals surface area contributed by atoms with E-state index in [4.69, 9.17) is 0 Å². The number of benzene rings is 1. The summed E-state index contributed by atoms with van der Waals surface area (Å²) >= 11 is 0. The SMILES string of the molecule is C=C(C)[C@@H]1CCC(C)=C[C@H]1c1c(O)cc(CC(C)CCC)cc1O. The van der Waals surface area contributed by atoms with Crippen LogP contribution in [-0.2, 0) is 6.42 Å². The smallest absolute Gasteiger partial charge is 0.123 e. The lowest BCUT2D eigenvalue weighted by atomic mass is 9.73. The van der Waals surface area contributed by atoms with Gasteiger partial charge in [-0.2, -0.15) is 0 Å². The maximum atomic E-state index is 10.6. The summed E-state index contributed by atoms with van der Waals surface area (Å²) in [5.41, 5.74) is 4.10. The summed E-state index contributed by atoms with van der Waals surface area (Å²) in [5, 5.41) is 21.3. The number of phenols is 2. The van der Waals surface area contributed by atoms with E-state index >= 15 is 0 Å². The largest absolute Gasteiger partial charge is 0.507 e. The predicted molar refractivity (Wildman–Crippen MR) is 102 cm³/mol. The third-order valence-electron chi connectivity index (χ3n) is 5.28. The van der Waals surface area contributed by atoms with E-state index in [0.717, 1.165) is 43.2 Å². The number of phenolic OH excluding ortho intramolecular Hbond substituents is 2. The van der Waals surface area contributed by atoms with Gasteiger partial charge in [-0.05, 0) is 62.6 Å². The fourth-order valence-electron chi connectivity index (χ4n) is 4.04. The van der Waals surface area contributed by atoms with Crippen LogP contribution in [0.25, 0.3) is 0 Å². The van der Waals surface area contributed by atoms with Crippen LogP contribution in [0.3, 0.4) is 0 Å². The molecular weight excluding hydrogens is 296 g/mol. The summed E-state index contributed by atoms with van der Waals surface area (Å²) in [5.74, 6) is 1.28. The molecule has 0 spiro atoms. The Bertz CT molecular complexity index is 604. The van der Waals surface area contributed by atoms with E-state index in [1.54, 1.807) is 0 Å². The summed E-state index contributed by atoms with van der Waals surface area (Å²) in [6.07, 6.45) is 7.48. The lowest BCUT2D eigenvalue weighted by Crippen LogP contribution is -2.17. The van der Waals surface area contributed by atoms with Gasteiger partial charge in [0.05, 0.1) is 0 Å². The van der Waals surface area contributed by atoms with E-state index in [2.05, 4.69) is 33.4 Å². The van der Waals surface area contributed by atoms with Gasteiger partial charge in [-0.1, -0.05) is 50.5 Å². The van der Waals surface area contributed by atoms with Crippen LogP contribution in [0.5, 0.6) is 11.5 Å². The molecule has 2 nitrogen and oxygen atoms in total. The molecule has 0 heterocycles. The first kappa shape index (κ1) is 18.6. The first-order chi connectivity index (χ1) is 11.3. The standard InChI is InChI=1S/C22H32O2/c1-6-7-15(4)10-17-12-20(23)22(21(24)13-17)19-11-16(5)8-9-18(19)14(2)3/h11-13,15,18-19,23-24H,2,6-10H2,1,3-5H3/t15?,18-,19+/m0/s1. The maximum Gasteiger partial charge on any atom is 0.123 e. The molecule has 2 rings (SSSR count). The molecule has 132 valence electrons. The molecule has 0 aliphatic heterocycles. The van der Waals surface area contributed by atoms with Crippen molar-refractivity contribution in [2.24, 2.45) is 11.8 Å². The zero-order valence-corrected chi connectivity index (χ0v) is 15.6. The highest BCUT2D eigenvalue weighted by atomic mass is 16.3. The van der Waals surface area contributed by atoms with E-state index in [1.165, 1.54) is 5.57 Å². The number of aromatic hydroxyl groups is 2. The van der Waals surface area contributed by atoms with Crippen LogP contribution in [0.1, 0.15) is 70.4 Å². The quantitative estimate of drug-likeness (QED) is 0.620. The van der Waals surface area contributed by atoms with Gasteiger partial charge in [0.1, 0.15) is 11.5 Å². The Labute approximate surface area is 146 Å². The number of rotatable bonds is 6. The second kappa shape index (κ2) is 7.92. The van der Waals surface area contributed by atoms with E-state index in [1.807, 2.05) is 19.1 Å². The molecule has 3 atom stereocenters. The molecule has 0 amide bonds. The van der Waals surface area contributed by atoms with Gasteiger partial charge in [-0.25, -0.2) is 0 Å². The summed E-state index contributed by atoms with van der Waals surface area (Å²) in [6, 6.07) is 3.68. The zero-order valence-electron chi connectivity index (χ0n) is 15.6. The molecule has 2 heteroatoms. The highest BCUT2D eigenvalue weighted by molar-refractivity contribution is 5.51. The number of hydrogen-bond acceptors (Lipinski definition) is 2. The average molecular weight is 328 g/mol. The molecule has 0 saturated heterocycles. The molecule has 0 fully saturated rings. The molecule has 1 aromatic carbocycles. The van der Waals surface area contributed by atoms with E-state index < -0.39 is 0 Å². The molecule has 1 unspecified atom stereocenters. The summed E-state index contributed by atoms with van der Waals surface area (Å²) < 4.78 is 0. The maximum absolute atomic E-state index is 10.6. The third-order valence-corrected chi connectivity index (χ3v) is 5.28. The van der Waals surface area contributed by atoms with Gasteiger partial charge in [-0.15, -0.1) is 0 Å². The van der Waals surface area contributed by atoms with Crippen molar-refractivity contribution in [3.8, 4) is 11.5 Å². The van der Waals surface area contributed by atoms with Gasteiger partial charge in [0.15, 0.2) is 0 Å². The first-order valence-electron chi connectivity index (χ1n) is 9.20. The normalized spacial score (nSPS) is 22.1. The Morgan fingerprint density at radius 1 is 1.29 bits per heavy atom. The van der Waals surface area contributed by atoms with Gasteiger partial charge in [0, 0.05) is 11.5 Å². The monoisotopic (exact) mass is 328 g/mol. The predicted octanol–water partition coefficient (Wildman–Crippen LogP) is 6.09. The highest BCUT2D eigenvalue weighted by Crippen LogP contribution is 2.46. The number of allylic oxidation sites excluding steroid dienone is 3. The van der Waals surface area contributed by atoms with Crippen LogP contribution < -0.4 is 0 Å². The Hall–Kier alpha value is -1.70. The molecule has 2 N–H and O–H groups in total. The molecule has 24 heavy (non-hydrogen) atoms. The minimum Gasteiger partial charge on any atom is -0.507 e. The minimum atomic E-state index is 0.0124. The second-order valence-electron chi connectivity index (χ2n) is 7.68. The Kier molecular flexibility index (Phi) is 6.15. The Morgan fingerprint density at radius 3 is 2.46 bits per heavy atom. The molecule has 0 aromatic heterocycles. The van der Waals surface area contributed by atoms with Crippen molar-refractivity contribution in [1.29, 1.82) is 0 Å². The van der Waals surface area contributed by atoms with E-state index in [-0.39, 0.29) is 23.3 Å². The van der Waals surface area contributed by atoms with Crippen LogP contribution >= 0.6 is 0 Å². The minimum absolute atomic E-state index is 0.0124. The van der Waals surface area contributed by atoms with Crippen LogP contribution in [0.2, 0.25) is 0 Å². The van der Waals surface area contributed by atoms with Crippen LogP contribution in [0.15, 0.2) is 35.9 Å². The van der Waals surface area contributed by atoms with E-state index in [9.17, 15) is 10.2 Å². The molecule has 1 aliphatic carbocycles. The van der Waals surface area contributed by atoms with Crippen LogP contribution in [0, 0.1) is 11.8 Å². The van der Waals surface area contributed by atoms with Crippen molar-refractivity contribution in [3.63, 3.8) is 0 Å². The van der Waals surface area contributed by atoms with Gasteiger partial charge in [0.25, 0.3) is 0 Å². The number of hydrogen-bond donors (Lipinski definition) is 2. The van der Waals surface area contributed by atoms with Crippen molar-refractivity contribution in [2.75, 3.05) is 0 Å². The van der Waals surface area contributed by atoms with Crippen molar-refractivity contribution < 1.29 is 10.2 Å². The molecule has 0 saturated carbocycles. The van der Waals surface area contributed by atoms with Crippen molar-refractivity contribution in [3.05, 3.63) is 47.1 Å². The van der Waals surface area contributed by atoms with E-state index in [0.29, 0.717) is 11.5 Å². The van der Waals surface area contributed by atoms with Crippen molar-refractivity contribution in [2.45, 2.75) is 65.7 Å². The van der Waals surface area contributed by atoms with Gasteiger partial charge in [0.2, 0.25) is 0 Å². The first-order valence-corrected chi connectivity index (χ1v) is 9.20. The summed E-state index contributed by atoms with van der Waals surface area (Å²) in [7, 11) is 0. The van der Waals surface area contributed by atoms with Gasteiger partial charge < -0.3 is 10.2 Å². The Morgan fingerprint density at radius 2 is 1.92 bits per heavy atom. The average Bonchev–Trinajstić information content (AvgIpc) is 2.46. The van der Waals surface area contributed by atoms with Gasteiger partial charge in [-0.3, -0.25) is 0 Å². The van der Waals surface area contributed by atoms with Gasteiger partial charge >= 0.3 is 0 Å². The second-order valence-corrected chi connectivity index (χ2v) is 7.68.